The number of aromatic carboxylic acids is 1. The van der Waals surface area contributed by atoms with Gasteiger partial charge < -0.3 is 24.4 Å². The van der Waals surface area contributed by atoms with Crippen LogP contribution >= 0.6 is 0 Å². The summed E-state index contributed by atoms with van der Waals surface area (Å²) in [5.41, 5.74) is 1.52. The zero-order chi connectivity index (χ0) is 21.3. The molecule has 1 fully saturated rings. The lowest BCUT2D eigenvalue weighted by Crippen LogP contribution is -2.49. The van der Waals surface area contributed by atoms with Crippen LogP contribution in [0.4, 0.5) is 10.5 Å². The number of fused-ring (bicyclic) bond motifs is 1. The van der Waals surface area contributed by atoms with Crippen molar-refractivity contribution in [3.8, 4) is 5.75 Å². The maximum atomic E-state index is 12.5. The predicted octanol–water partition coefficient (Wildman–Crippen LogP) is 4.06. The van der Waals surface area contributed by atoms with Gasteiger partial charge in [0.25, 0.3) is 0 Å². The molecule has 3 rings (SSSR count). The Morgan fingerprint density at radius 1 is 1.31 bits per heavy atom. The highest BCUT2D eigenvalue weighted by Crippen LogP contribution is 2.41. The number of rotatable bonds is 4. The molecule has 2 heterocycles. The summed E-state index contributed by atoms with van der Waals surface area (Å²) in [6.45, 7) is 13.6. The van der Waals surface area contributed by atoms with Crippen molar-refractivity contribution in [1.82, 2.24) is 4.90 Å². The molecular formula is C22H30N2O5. The van der Waals surface area contributed by atoms with E-state index in [-0.39, 0.29) is 17.7 Å². The summed E-state index contributed by atoms with van der Waals surface area (Å²) in [7, 11) is 0. The highest BCUT2D eigenvalue weighted by Gasteiger charge is 2.33. The van der Waals surface area contributed by atoms with E-state index in [9.17, 15) is 14.7 Å². The topological polar surface area (TPSA) is 79.3 Å². The van der Waals surface area contributed by atoms with Crippen LogP contribution in [0.1, 0.15) is 56.5 Å². The molecule has 0 unspecified atom stereocenters. The quantitative estimate of drug-likeness (QED) is 0.818. The molecule has 0 aliphatic carbocycles. The summed E-state index contributed by atoms with van der Waals surface area (Å²) in [5, 5.41) is 9.42. The van der Waals surface area contributed by atoms with Crippen LogP contribution in [0.25, 0.3) is 0 Å². The number of hydrogen-bond donors (Lipinski definition) is 1. The number of piperidine rings is 1. The second kappa shape index (κ2) is 7.97. The van der Waals surface area contributed by atoms with E-state index in [1.807, 2.05) is 38.7 Å². The number of ether oxygens (including phenoxy) is 2. The van der Waals surface area contributed by atoms with Gasteiger partial charge in [-0.15, -0.1) is 0 Å². The summed E-state index contributed by atoms with van der Waals surface area (Å²) in [6.07, 6.45) is 1.90. The van der Waals surface area contributed by atoms with E-state index < -0.39 is 11.6 Å². The number of benzene rings is 1. The number of carbonyl (C=O) groups is 2. The average molecular weight is 402 g/mol. The van der Waals surface area contributed by atoms with Gasteiger partial charge in [0.15, 0.2) is 0 Å². The van der Waals surface area contributed by atoms with E-state index in [1.54, 1.807) is 6.07 Å². The van der Waals surface area contributed by atoms with Crippen LogP contribution < -0.4 is 9.64 Å². The van der Waals surface area contributed by atoms with Crippen molar-refractivity contribution in [3.05, 3.63) is 35.6 Å². The van der Waals surface area contributed by atoms with E-state index in [4.69, 9.17) is 9.47 Å². The van der Waals surface area contributed by atoms with Gasteiger partial charge in [0, 0.05) is 43.3 Å². The Hall–Kier alpha value is -2.70. The fourth-order valence-electron chi connectivity index (χ4n) is 4.02. The van der Waals surface area contributed by atoms with E-state index in [1.165, 1.54) is 0 Å². The van der Waals surface area contributed by atoms with Crippen molar-refractivity contribution >= 4 is 17.7 Å². The molecule has 29 heavy (non-hydrogen) atoms. The van der Waals surface area contributed by atoms with Crippen molar-refractivity contribution in [1.29, 1.82) is 0 Å². The molecular weight excluding hydrogens is 372 g/mol. The maximum absolute atomic E-state index is 12.5. The number of amides is 1. The van der Waals surface area contributed by atoms with Crippen LogP contribution in [-0.2, 0) is 11.2 Å². The second-order valence-corrected chi connectivity index (χ2v) is 8.55. The van der Waals surface area contributed by atoms with Crippen molar-refractivity contribution < 1.29 is 24.2 Å². The molecule has 0 atom stereocenters. The molecule has 1 aromatic rings. The first-order chi connectivity index (χ1) is 13.6. The lowest BCUT2D eigenvalue weighted by molar-refractivity contribution is 0.0149. The number of carboxylic acids is 1. The SMILES string of the molecule is C=C1Cc2c(N3CCC(N(CC)C(=O)OC(C)(C)C)CC3)ccc(C(=O)O)c2O1. The van der Waals surface area contributed by atoms with Crippen LogP contribution in [0, 0.1) is 0 Å². The molecule has 1 N–H and O–H groups in total. The van der Waals surface area contributed by atoms with Gasteiger partial charge in [0.1, 0.15) is 22.7 Å². The van der Waals surface area contributed by atoms with Crippen molar-refractivity contribution in [2.24, 2.45) is 0 Å². The molecule has 158 valence electrons. The smallest absolute Gasteiger partial charge is 0.410 e. The molecule has 1 amide bonds. The second-order valence-electron chi connectivity index (χ2n) is 8.55. The van der Waals surface area contributed by atoms with Crippen LogP contribution in [-0.4, -0.2) is 53.3 Å². The monoisotopic (exact) mass is 402 g/mol. The van der Waals surface area contributed by atoms with Gasteiger partial charge in [0.05, 0.1) is 0 Å². The number of anilines is 1. The van der Waals surface area contributed by atoms with Gasteiger partial charge in [-0.25, -0.2) is 9.59 Å². The summed E-state index contributed by atoms with van der Waals surface area (Å²) < 4.78 is 11.2. The maximum Gasteiger partial charge on any atom is 0.410 e. The molecule has 7 heteroatoms. The Balaban J connectivity index is 1.73. The lowest BCUT2D eigenvalue weighted by Gasteiger charge is -2.39. The van der Waals surface area contributed by atoms with Gasteiger partial charge in [-0.1, -0.05) is 6.58 Å². The average Bonchev–Trinajstić information content (AvgIpc) is 3.01. The Kier molecular flexibility index (Phi) is 5.78. The third kappa shape index (κ3) is 4.49. The summed E-state index contributed by atoms with van der Waals surface area (Å²) in [5.74, 6) is -0.0323. The first-order valence-corrected chi connectivity index (χ1v) is 10.1. The highest BCUT2D eigenvalue weighted by atomic mass is 16.6. The molecule has 0 aromatic heterocycles. The van der Waals surface area contributed by atoms with Crippen LogP contribution in [0.5, 0.6) is 5.75 Å². The fraction of sp³-hybridized carbons (Fsp3) is 0.545. The van der Waals surface area contributed by atoms with Crippen molar-refractivity contribution in [2.45, 2.75) is 58.6 Å². The molecule has 1 aromatic carbocycles. The number of hydrogen-bond acceptors (Lipinski definition) is 5. The zero-order valence-electron chi connectivity index (χ0n) is 17.7. The Bertz CT molecular complexity index is 819. The van der Waals surface area contributed by atoms with E-state index in [0.29, 0.717) is 24.5 Å². The molecule has 0 bridgehead atoms. The number of nitrogens with zero attached hydrogens (tertiary/aromatic N) is 2. The van der Waals surface area contributed by atoms with Crippen molar-refractivity contribution in [3.63, 3.8) is 0 Å². The first kappa shape index (κ1) is 21.0. The molecule has 0 saturated carbocycles. The highest BCUT2D eigenvalue weighted by molar-refractivity contribution is 5.93. The summed E-state index contributed by atoms with van der Waals surface area (Å²) in [4.78, 5) is 28.1. The number of carbonyl (C=O) groups excluding carboxylic acids is 1. The Labute approximate surface area is 171 Å². The molecule has 2 aliphatic heterocycles. The largest absolute Gasteiger partial charge is 0.478 e. The van der Waals surface area contributed by atoms with E-state index >= 15 is 0 Å². The number of carboxylic acid groups (broad SMARTS) is 1. The van der Waals surface area contributed by atoms with Gasteiger partial charge in [-0.3, -0.25) is 0 Å². The molecule has 0 spiro atoms. The lowest BCUT2D eigenvalue weighted by atomic mass is 9.99. The van der Waals surface area contributed by atoms with Gasteiger partial charge in [-0.05, 0) is 52.7 Å². The minimum Gasteiger partial charge on any atom is -0.478 e. The normalized spacial score (nSPS) is 17.0. The fourth-order valence-corrected chi connectivity index (χ4v) is 4.02. The van der Waals surface area contributed by atoms with Crippen LogP contribution in [0.3, 0.4) is 0 Å². The van der Waals surface area contributed by atoms with E-state index in [0.717, 1.165) is 37.2 Å². The van der Waals surface area contributed by atoms with Crippen LogP contribution in [0.2, 0.25) is 0 Å². The molecule has 2 aliphatic rings. The molecule has 7 nitrogen and oxygen atoms in total. The summed E-state index contributed by atoms with van der Waals surface area (Å²) >= 11 is 0. The Morgan fingerprint density at radius 2 is 1.97 bits per heavy atom. The van der Waals surface area contributed by atoms with Gasteiger partial charge >= 0.3 is 12.1 Å². The standard InChI is InChI=1S/C22H30N2O5/c1-6-24(21(27)29-22(3,4)5)15-9-11-23(12-10-15)18-8-7-16(20(25)26)19-17(18)13-14(2)28-19/h7-8,15H,2,6,9-13H2,1,3-5H3,(H,25,26). The minimum absolute atomic E-state index is 0.128. The van der Waals surface area contributed by atoms with E-state index in [2.05, 4.69) is 11.5 Å². The number of allylic oxidation sites excluding steroid dienone is 1. The third-order valence-corrected chi connectivity index (χ3v) is 5.30. The first-order valence-electron chi connectivity index (χ1n) is 10.1. The minimum atomic E-state index is -1.00. The predicted molar refractivity (Wildman–Crippen MR) is 111 cm³/mol. The summed E-state index contributed by atoms with van der Waals surface area (Å²) in [6, 6.07) is 3.58. The Morgan fingerprint density at radius 3 is 2.52 bits per heavy atom. The molecule has 1 saturated heterocycles. The third-order valence-electron chi connectivity index (χ3n) is 5.30. The van der Waals surface area contributed by atoms with Gasteiger partial charge in [-0.2, -0.15) is 0 Å². The van der Waals surface area contributed by atoms with Gasteiger partial charge in [0.2, 0.25) is 0 Å². The molecule has 0 radical (unpaired) electrons. The van der Waals surface area contributed by atoms with Crippen molar-refractivity contribution in [2.75, 3.05) is 24.5 Å². The van der Waals surface area contributed by atoms with Crippen LogP contribution in [0.15, 0.2) is 24.5 Å². The zero-order valence-corrected chi connectivity index (χ0v) is 17.7.